The summed E-state index contributed by atoms with van der Waals surface area (Å²) in [6, 6.07) is 10.5. The van der Waals surface area contributed by atoms with Gasteiger partial charge in [-0.15, -0.1) is 0 Å². The third-order valence-electron chi connectivity index (χ3n) is 4.79. The fourth-order valence-corrected chi connectivity index (χ4v) is 2.31. The average molecular weight is 534 g/mol. The average Bonchev–Trinajstić information content (AvgIpc) is 2.86. The molecule has 14 heteroatoms. The molecule has 2 aromatic rings. The predicted molar refractivity (Wildman–Crippen MR) is 130 cm³/mol. The molecule has 2 aromatic carbocycles. The Morgan fingerprint density at radius 1 is 0.684 bits per heavy atom. The molecule has 0 saturated heterocycles. The predicted octanol–water partition coefficient (Wildman–Crippen LogP) is 3.19. The van der Waals surface area contributed by atoms with Gasteiger partial charge in [-0.05, 0) is 36.4 Å². The van der Waals surface area contributed by atoms with Crippen LogP contribution in [0.4, 0.5) is 0 Å². The Bertz CT molecular complexity index is 1140. The molecule has 0 aliphatic rings. The third kappa shape index (κ3) is 9.29. The molecule has 14 nitrogen and oxygen atoms in total. The lowest BCUT2D eigenvalue weighted by Gasteiger charge is -2.15. The Labute approximate surface area is 216 Å². The number of nitro groups is 2. The zero-order valence-electron chi connectivity index (χ0n) is 20.9. The number of hydrogen-bond acceptors (Lipinski definition) is 10. The fourth-order valence-electron chi connectivity index (χ4n) is 2.31. The van der Waals surface area contributed by atoms with Crippen LogP contribution in [0.25, 0.3) is 0 Å². The molecule has 0 aliphatic carbocycles. The first-order chi connectivity index (χ1) is 17.5. The molecule has 0 heterocycles. The standard InChI is InChI=1S/2C12H13NO6/c2*1-12(2,13(17)18)7-19-11(16)9-5-3-4-8(6-9)10(14)15/h2*3-6H,7H2,1-2H3,(H,14,15). The number of esters is 2. The minimum atomic E-state index is -1.39. The van der Waals surface area contributed by atoms with Crippen LogP contribution in [0.15, 0.2) is 48.5 Å². The Morgan fingerprint density at radius 2 is 0.974 bits per heavy atom. The van der Waals surface area contributed by atoms with Gasteiger partial charge in [-0.2, -0.15) is 0 Å². The largest absolute Gasteiger partial charge is 0.478 e. The van der Waals surface area contributed by atoms with Crippen molar-refractivity contribution in [2.24, 2.45) is 0 Å². The summed E-state index contributed by atoms with van der Waals surface area (Å²) < 4.78 is 9.63. The molecule has 0 unspecified atom stereocenters. The molecule has 0 atom stereocenters. The van der Waals surface area contributed by atoms with Crippen LogP contribution in [0.2, 0.25) is 0 Å². The van der Waals surface area contributed by atoms with E-state index >= 15 is 0 Å². The number of nitrogens with zero attached hydrogens (tertiary/aromatic N) is 2. The Balaban J connectivity index is 0.000000380. The minimum Gasteiger partial charge on any atom is -0.478 e. The van der Waals surface area contributed by atoms with E-state index < -0.39 is 58.0 Å². The zero-order chi connectivity index (χ0) is 29.3. The van der Waals surface area contributed by atoms with Crippen LogP contribution in [0, 0.1) is 20.2 Å². The maximum atomic E-state index is 11.7. The van der Waals surface area contributed by atoms with Gasteiger partial charge < -0.3 is 19.7 Å². The molecule has 0 amide bonds. The van der Waals surface area contributed by atoms with Crippen LogP contribution < -0.4 is 0 Å². The van der Waals surface area contributed by atoms with E-state index in [0.29, 0.717) is 0 Å². The van der Waals surface area contributed by atoms with E-state index in [1.807, 2.05) is 0 Å². The van der Waals surface area contributed by atoms with Gasteiger partial charge in [0.15, 0.2) is 13.2 Å². The van der Waals surface area contributed by atoms with Gasteiger partial charge in [-0.25, -0.2) is 19.2 Å². The molecular weight excluding hydrogens is 508 g/mol. The van der Waals surface area contributed by atoms with Crippen LogP contribution in [-0.4, -0.2) is 68.2 Å². The summed E-state index contributed by atoms with van der Waals surface area (Å²) in [6.07, 6.45) is 0. The number of aromatic carboxylic acids is 2. The smallest absolute Gasteiger partial charge is 0.338 e. The number of carboxylic acids is 2. The molecular formula is C24H26N2O12. The molecule has 38 heavy (non-hydrogen) atoms. The first-order valence-electron chi connectivity index (χ1n) is 10.8. The lowest BCUT2D eigenvalue weighted by molar-refractivity contribution is -0.563. The van der Waals surface area contributed by atoms with Crippen LogP contribution in [0.3, 0.4) is 0 Å². The lowest BCUT2D eigenvalue weighted by Crippen LogP contribution is -2.37. The number of carbonyl (C=O) groups is 4. The summed E-state index contributed by atoms with van der Waals surface area (Å²) in [7, 11) is 0. The second kappa shape index (κ2) is 12.9. The third-order valence-corrected chi connectivity index (χ3v) is 4.79. The molecule has 0 spiro atoms. The van der Waals surface area contributed by atoms with Crippen molar-refractivity contribution in [3.05, 3.63) is 91.0 Å². The highest BCUT2D eigenvalue weighted by molar-refractivity contribution is 5.95. The first kappa shape index (κ1) is 31.2. The highest BCUT2D eigenvalue weighted by atomic mass is 16.6. The Kier molecular flexibility index (Phi) is 10.6. The summed E-state index contributed by atoms with van der Waals surface area (Å²) in [5, 5.41) is 38.9. The molecule has 0 fully saturated rings. The van der Waals surface area contributed by atoms with Crippen LogP contribution in [-0.2, 0) is 9.47 Å². The summed E-state index contributed by atoms with van der Waals surface area (Å²) >= 11 is 0. The Hall–Kier alpha value is -4.88. The molecule has 0 radical (unpaired) electrons. The van der Waals surface area contributed by atoms with Gasteiger partial charge in [0.25, 0.3) is 0 Å². The number of rotatable bonds is 10. The summed E-state index contributed by atoms with van der Waals surface area (Å²) in [4.78, 5) is 65.0. The monoisotopic (exact) mass is 534 g/mol. The van der Waals surface area contributed by atoms with E-state index in [4.69, 9.17) is 19.7 Å². The molecule has 2 rings (SSSR count). The number of carbonyl (C=O) groups excluding carboxylic acids is 2. The number of hydrogen-bond donors (Lipinski definition) is 2. The summed E-state index contributed by atoms with van der Waals surface area (Å²) in [5.41, 5.74) is -2.80. The van der Waals surface area contributed by atoms with Gasteiger partial charge in [-0.3, -0.25) is 20.2 Å². The molecule has 0 aliphatic heterocycles. The van der Waals surface area contributed by atoms with Crippen molar-refractivity contribution in [1.82, 2.24) is 0 Å². The van der Waals surface area contributed by atoms with Crippen molar-refractivity contribution >= 4 is 23.9 Å². The van der Waals surface area contributed by atoms with E-state index in [-0.39, 0.29) is 22.3 Å². The maximum Gasteiger partial charge on any atom is 0.338 e. The second-order valence-corrected chi connectivity index (χ2v) is 9.06. The number of carboxylic acid groups (broad SMARTS) is 2. The fraction of sp³-hybridized carbons (Fsp3) is 0.333. The topological polar surface area (TPSA) is 213 Å². The van der Waals surface area contributed by atoms with Gasteiger partial charge in [0, 0.05) is 37.5 Å². The summed E-state index contributed by atoms with van der Waals surface area (Å²) in [5.74, 6) is -3.92. The number of benzene rings is 2. The van der Waals surface area contributed by atoms with Gasteiger partial charge >= 0.3 is 23.9 Å². The van der Waals surface area contributed by atoms with Gasteiger partial charge in [0.1, 0.15) is 0 Å². The molecule has 0 bridgehead atoms. The molecule has 204 valence electrons. The van der Waals surface area contributed by atoms with E-state index in [1.165, 1.54) is 64.1 Å². The molecule has 0 aromatic heterocycles. The van der Waals surface area contributed by atoms with Crippen molar-refractivity contribution in [3.63, 3.8) is 0 Å². The number of ether oxygens (including phenoxy) is 2. The maximum absolute atomic E-state index is 11.7. The second-order valence-electron chi connectivity index (χ2n) is 9.06. The van der Waals surface area contributed by atoms with E-state index in [9.17, 15) is 39.4 Å². The van der Waals surface area contributed by atoms with Crippen LogP contribution >= 0.6 is 0 Å². The van der Waals surface area contributed by atoms with Crippen LogP contribution in [0.1, 0.15) is 69.1 Å². The van der Waals surface area contributed by atoms with Crippen molar-refractivity contribution in [2.45, 2.75) is 38.8 Å². The highest BCUT2D eigenvalue weighted by Gasteiger charge is 2.33. The molecule has 0 saturated carbocycles. The van der Waals surface area contributed by atoms with Crippen molar-refractivity contribution in [2.75, 3.05) is 13.2 Å². The van der Waals surface area contributed by atoms with Gasteiger partial charge in [-0.1, -0.05) is 12.1 Å². The van der Waals surface area contributed by atoms with Gasteiger partial charge in [0.05, 0.1) is 22.3 Å². The van der Waals surface area contributed by atoms with Crippen LogP contribution in [0.5, 0.6) is 0 Å². The Morgan fingerprint density at radius 3 is 1.24 bits per heavy atom. The summed E-state index contributed by atoms with van der Waals surface area (Å²) in [6.45, 7) is 4.52. The zero-order valence-corrected chi connectivity index (χ0v) is 20.9. The van der Waals surface area contributed by atoms with Crippen molar-refractivity contribution < 1.29 is 48.7 Å². The SMILES string of the molecule is CC(C)(COC(=O)c1cccc(C(=O)O)c1)[N+](=O)[O-].CC(C)(COC(=O)c1cccc(C(=O)O)c1)[N+](=O)[O-]. The highest BCUT2D eigenvalue weighted by Crippen LogP contribution is 2.13. The van der Waals surface area contributed by atoms with Crippen molar-refractivity contribution in [3.8, 4) is 0 Å². The van der Waals surface area contributed by atoms with E-state index in [2.05, 4.69) is 0 Å². The molecule has 2 N–H and O–H groups in total. The van der Waals surface area contributed by atoms with E-state index in [1.54, 1.807) is 0 Å². The normalized spacial score (nSPS) is 10.8. The minimum absolute atomic E-state index is 0.0408. The lowest BCUT2D eigenvalue weighted by atomic mass is 10.1. The van der Waals surface area contributed by atoms with Gasteiger partial charge in [0.2, 0.25) is 11.1 Å². The van der Waals surface area contributed by atoms with E-state index in [0.717, 1.165) is 12.1 Å². The first-order valence-corrected chi connectivity index (χ1v) is 10.8. The quantitative estimate of drug-likeness (QED) is 0.255. The van der Waals surface area contributed by atoms with Crippen molar-refractivity contribution in [1.29, 1.82) is 0 Å².